The van der Waals surface area contributed by atoms with Crippen molar-refractivity contribution < 1.29 is 4.79 Å². The van der Waals surface area contributed by atoms with Gasteiger partial charge in [0.15, 0.2) is 0 Å². The summed E-state index contributed by atoms with van der Waals surface area (Å²) < 4.78 is 0. The van der Waals surface area contributed by atoms with Gasteiger partial charge < -0.3 is 4.90 Å². The minimum absolute atomic E-state index is 0.0494. The number of aromatic nitrogens is 2. The highest BCUT2D eigenvalue weighted by atomic mass is 16.2. The number of anilines is 1. The van der Waals surface area contributed by atoms with Gasteiger partial charge >= 0.3 is 0 Å². The van der Waals surface area contributed by atoms with Gasteiger partial charge in [-0.3, -0.25) is 9.59 Å². The number of para-hydroxylation sites is 1. The monoisotopic (exact) mass is 367 g/mol. The SMILES string of the molecule is O=C(Cc1n[nH]c(=O)c2ccccc12)N1Cc2ccccc2-c2ccccc21. The van der Waals surface area contributed by atoms with Gasteiger partial charge in [0.2, 0.25) is 5.91 Å². The lowest BCUT2D eigenvalue weighted by Crippen LogP contribution is -2.34. The van der Waals surface area contributed by atoms with Crippen LogP contribution in [0.4, 0.5) is 5.69 Å². The third-order valence-electron chi connectivity index (χ3n) is 5.23. The summed E-state index contributed by atoms with van der Waals surface area (Å²) in [6.07, 6.45) is 0.119. The van der Waals surface area contributed by atoms with E-state index in [-0.39, 0.29) is 17.9 Å². The Morgan fingerprint density at radius 1 is 0.893 bits per heavy atom. The fourth-order valence-corrected chi connectivity index (χ4v) is 3.88. The Morgan fingerprint density at radius 2 is 1.57 bits per heavy atom. The number of benzene rings is 3. The van der Waals surface area contributed by atoms with E-state index in [4.69, 9.17) is 0 Å². The number of aromatic amines is 1. The van der Waals surface area contributed by atoms with Crippen LogP contribution in [0.3, 0.4) is 0 Å². The molecule has 136 valence electrons. The quantitative estimate of drug-likeness (QED) is 0.588. The van der Waals surface area contributed by atoms with Gasteiger partial charge in [-0.05, 0) is 23.3 Å². The van der Waals surface area contributed by atoms with Gasteiger partial charge in [0.1, 0.15) is 0 Å². The van der Waals surface area contributed by atoms with Crippen molar-refractivity contribution in [3.8, 4) is 11.1 Å². The minimum atomic E-state index is -0.246. The smallest absolute Gasteiger partial charge is 0.272 e. The molecule has 2 heterocycles. The second-order valence-electron chi connectivity index (χ2n) is 6.88. The summed E-state index contributed by atoms with van der Waals surface area (Å²) in [5, 5.41) is 7.93. The van der Waals surface area contributed by atoms with Crippen molar-refractivity contribution in [2.24, 2.45) is 0 Å². The van der Waals surface area contributed by atoms with Crippen molar-refractivity contribution >= 4 is 22.4 Å². The number of nitrogens with zero attached hydrogens (tertiary/aromatic N) is 2. The van der Waals surface area contributed by atoms with Gasteiger partial charge in [0, 0.05) is 10.9 Å². The highest BCUT2D eigenvalue weighted by molar-refractivity contribution is 6.02. The molecule has 5 rings (SSSR count). The lowest BCUT2D eigenvalue weighted by molar-refractivity contribution is -0.118. The molecule has 0 spiro atoms. The lowest BCUT2D eigenvalue weighted by Gasteiger charge is -2.31. The maximum atomic E-state index is 13.3. The van der Waals surface area contributed by atoms with Crippen LogP contribution in [0.25, 0.3) is 21.9 Å². The van der Waals surface area contributed by atoms with E-state index in [2.05, 4.69) is 22.3 Å². The Morgan fingerprint density at radius 3 is 2.43 bits per heavy atom. The first-order valence-corrected chi connectivity index (χ1v) is 9.16. The molecule has 3 aromatic carbocycles. The first-order chi connectivity index (χ1) is 13.7. The highest BCUT2D eigenvalue weighted by Gasteiger charge is 2.26. The number of rotatable bonds is 2. The summed E-state index contributed by atoms with van der Waals surface area (Å²) >= 11 is 0. The summed E-state index contributed by atoms with van der Waals surface area (Å²) in [6.45, 7) is 0.521. The van der Waals surface area contributed by atoms with Gasteiger partial charge in [0.05, 0.1) is 29.7 Å². The van der Waals surface area contributed by atoms with E-state index in [1.54, 1.807) is 17.0 Å². The zero-order valence-corrected chi connectivity index (χ0v) is 15.1. The van der Waals surface area contributed by atoms with Crippen molar-refractivity contribution in [2.75, 3.05) is 4.90 Å². The van der Waals surface area contributed by atoms with Crippen LogP contribution in [0.2, 0.25) is 0 Å². The van der Waals surface area contributed by atoms with Crippen LogP contribution in [0.15, 0.2) is 77.6 Å². The molecule has 0 unspecified atom stereocenters. The van der Waals surface area contributed by atoms with E-state index in [0.29, 0.717) is 23.0 Å². The van der Waals surface area contributed by atoms with Crippen LogP contribution in [0.1, 0.15) is 11.3 Å². The van der Waals surface area contributed by atoms with E-state index in [1.807, 2.05) is 48.5 Å². The summed E-state index contributed by atoms with van der Waals surface area (Å²) in [5.41, 5.74) is 4.57. The van der Waals surface area contributed by atoms with Crippen molar-refractivity contribution in [1.82, 2.24) is 10.2 Å². The van der Waals surface area contributed by atoms with Crippen LogP contribution in [0.5, 0.6) is 0 Å². The topological polar surface area (TPSA) is 66.1 Å². The average Bonchev–Trinajstić information content (AvgIpc) is 2.75. The molecule has 28 heavy (non-hydrogen) atoms. The summed E-state index contributed by atoms with van der Waals surface area (Å²) in [5.74, 6) is -0.0494. The number of hydrogen-bond acceptors (Lipinski definition) is 3. The molecule has 0 radical (unpaired) electrons. The molecule has 0 saturated heterocycles. The first kappa shape index (κ1) is 16.4. The summed E-state index contributed by atoms with van der Waals surface area (Å²) in [7, 11) is 0. The zero-order chi connectivity index (χ0) is 19.1. The number of nitrogens with one attached hydrogen (secondary N) is 1. The standard InChI is InChI=1S/C23H17N3O2/c27-22(13-20-17-9-3-4-11-19(17)23(28)25-24-20)26-14-15-7-1-2-8-16(15)18-10-5-6-12-21(18)26/h1-12H,13-14H2,(H,25,28). The Kier molecular flexibility index (Phi) is 3.79. The van der Waals surface area contributed by atoms with Crippen LogP contribution in [-0.2, 0) is 17.8 Å². The van der Waals surface area contributed by atoms with E-state index < -0.39 is 0 Å². The molecule has 0 saturated carbocycles. The Bertz CT molecular complexity index is 1280. The molecule has 4 aromatic rings. The second kappa shape index (κ2) is 6.46. The van der Waals surface area contributed by atoms with Gasteiger partial charge in [0.25, 0.3) is 5.56 Å². The van der Waals surface area contributed by atoms with E-state index >= 15 is 0 Å². The normalized spacial score (nSPS) is 12.5. The molecule has 0 bridgehead atoms. The second-order valence-corrected chi connectivity index (χ2v) is 6.88. The molecule has 0 aliphatic carbocycles. The van der Waals surface area contributed by atoms with Crippen molar-refractivity contribution in [3.63, 3.8) is 0 Å². The summed E-state index contributed by atoms with van der Waals surface area (Å²) in [4.78, 5) is 27.1. The zero-order valence-electron chi connectivity index (χ0n) is 15.1. The minimum Gasteiger partial charge on any atom is -0.307 e. The van der Waals surface area contributed by atoms with Gasteiger partial charge in [-0.25, -0.2) is 5.10 Å². The Hall–Kier alpha value is -3.73. The highest BCUT2D eigenvalue weighted by Crippen LogP contribution is 2.39. The molecular weight excluding hydrogens is 350 g/mol. The summed E-state index contributed by atoms with van der Waals surface area (Å²) in [6, 6.07) is 23.3. The Balaban J connectivity index is 1.55. The molecule has 0 fully saturated rings. The third-order valence-corrected chi connectivity index (χ3v) is 5.23. The fourth-order valence-electron chi connectivity index (χ4n) is 3.88. The molecule has 0 atom stereocenters. The molecule has 1 amide bonds. The van der Waals surface area contributed by atoms with E-state index in [1.165, 1.54) is 0 Å². The lowest BCUT2D eigenvalue weighted by atomic mass is 9.93. The molecule has 5 nitrogen and oxygen atoms in total. The van der Waals surface area contributed by atoms with Gasteiger partial charge in [-0.15, -0.1) is 0 Å². The third kappa shape index (κ3) is 2.60. The first-order valence-electron chi connectivity index (χ1n) is 9.16. The van der Waals surface area contributed by atoms with Crippen LogP contribution in [0, 0.1) is 0 Å². The Labute approximate surface area is 161 Å². The van der Waals surface area contributed by atoms with Gasteiger partial charge in [-0.1, -0.05) is 60.7 Å². The fraction of sp³-hybridized carbons (Fsp3) is 0.0870. The molecule has 1 aliphatic heterocycles. The van der Waals surface area contributed by atoms with E-state index in [0.717, 1.165) is 22.4 Å². The van der Waals surface area contributed by atoms with Crippen molar-refractivity contribution in [2.45, 2.75) is 13.0 Å². The molecule has 1 aromatic heterocycles. The average molecular weight is 367 g/mol. The molecule has 5 heteroatoms. The predicted molar refractivity (Wildman–Crippen MR) is 109 cm³/mol. The number of hydrogen-bond donors (Lipinski definition) is 1. The molecule has 1 aliphatic rings. The number of carbonyl (C=O) groups excluding carboxylic acids is 1. The maximum absolute atomic E-state index is 13.3. The molecular formula is C23H17N3O2. The largest absolute Gasteiger partial charge is 0.307 e. The maximum Gasteiger partial charge on any atom is 0.272 e. The number of amides is 1. The number of fused-ring (bicyclic) bond motifs is 4. The van der Waals surface area contributed by atoms with Crippen LogP contribution in [-0.4, -0.2) is 16.1 Å². The predicted octanol–water partition coefficient (Wildman–Crippen LogP) is 3.68. The molecule has 1 N–H and O–H groups in total. The van der Waals surface area contributed by atoms with Crippen LogP contribution >= 0.6 is 0 Å². The van der Waals surface area contributed by atoms with Crippen molar-refractivity contribution in [3.05, 3.63) is 94.4 Å². The number of carbonyl (C=O) groups is 1. The van der Waals surface area contributed by atoms with Crippen molar-refractivity contribution in [1.29, 1.82) is 0 Å². The van der Waals surface area contributed by atoms with Gasteiger partial charge in [-0.2, -0.15) is 5.10 Å². The van der Waals surface area contributed by atoms with E-state index in [9.17, 15) is 9.59 Å². The number of H-pyrrole nitrogens is 1. The van der Waals surface area contributed by atoms with Crippen LogP contribution < -0.4 is 10.5 Å².